The van der Waals surface area contributed by atoms with Gasteiger partial charge in [-0.05, 0) is 22.9 Å². The number of ether oxygens (including phenoxy) is 1. The summed E-state index contributed by atoms with van der Waals surface area (Å²) < 4.78 is 4.81. The second-order valence-corrected chi connectivity index (χ2v) is 4.22. The minimum absolute atomic E-state index is 0.0835. The molecule has 18 heavy (non-hydrogen) atoms. The molecule has 0 saturated heterocycles. The number of carbonyl (C=O) groups excluding carboxylic acids is 1. The van der Waals surface area contributed by atoms with Crippen LogP contribution in [0.5, 0.6) is 0 Å². The maximum atomic E-state index is 11.2. The van der Waals surface area contributed by atoms with Gasteiger partial charge in [-0.1, -0.05) is 0 Å². The number of halogens is 1. The Kier molecular flexibility index (Phi) is 4.43. The van der Waals surface area contributed by atoms with Crippen molar-refractivity contribution in [3.63, 3.8) is 0 Å². The lowest BCUT2D eigenvalue weighted by Crippen LogP contribution is -2.28. The van der Waals surface area contributed by atoms with E-state index in [0.717, 1.165) is 0 Å². The fourth-order valence-electron chi connectivity index (χ4n) is 1.18. The second-order valence-electron chi connectivity index (χ2n) is 3.37. The number of nitro groups is 1. The molecule has 0 aromatic carbocycles. The minimum atomic E-state index is -0.776. The first-order valence-corrected chi connectivity index (χ1v) is 5.61. The summed E-state index contributed by atoms with van der Waals surface area (Å²) in [5.74, 6) is -0.564. The molecule has 0 aliphatic rings. The van der Waals surface area contributed by atoms with Crippen LogP contribution in [0.1, 0.15) is 6.92 Å². The third kappa shape index (κ3) is 3.06. The highest BCUT2D eigenvalue weighted by molar-refractivity contribution is 9.10. The quantitative estimate of drug-likeness (QED) is 0.487. The molecule has 1 heterocycles. The summed E-state index contributed by atoms with van der Waals surface area (Å²) in [7, 11) is 1.22. The Labute approximate surface area is 111 Å². The van der Waals surface area contributed by atoms with E-state index in [1.54, 1.807) is 0 Å². The topological polar surface area (TPSA) is 120 Å². The van der Waals surface area contributed by atoms with Gasteiger partial charge >= 0.3 is 11.7 Å². The summed E-state index contributed by atoms with van der Waals surface area (Å²) >= 11 is 3.05. The lowest BCUT2D eigenvalue weighted by Gasteiger charge is -2.12. The summed E-state index contributed by atoms with van der Waals surface area (Å²) in [5.41, 5.74) is 5.25. The maximum absolute atomic E-state index is 11.2. The van der Waals surface area contributed by atoms with Crippen LogP contribution in [0.15, 0.2) is 10.5 Å². The molecule has 3 N–H and O–H groups in total. The SMILES string of the molecule is COC(=O)C(C)Nc1nc(N)c(Br)cc1[N+](=O)[O-]. The lowest BCUT2D eigenvalue weighted by atomic mass is 10.3. The summed E-state index contributed by atoms with van der Waals surface area (Å²) in [6.07, 6.45) is 0. The average Bonchev–Trinajstić information content (AvgIpc) is 2.31. The van der Waals surface area contributed by atoms with Crippen molar-refractivity contribution in [1.29, 1.82) is 0 Å². The van der Waals surface area contributed by atoms with E-state index >= 15 is 0 Å². The van der Waals surface area contributed by atoms with Crippen LogP contribution in [0.4, 0.5) is 17.3 Å². The molecule has 9 heteroatoms. The fraction of sp³-hybridized carbons (Fsp3) is 0.333. The third-order valence-electron chi connectivity index (χ3n) is 2.09. The van der Waals surface area contributed by atoms with Crippen molar-refractivity contribution in [1.82, 2.24) is 4.98 Å². The number of pyridine rings is 1. The average molecular weight is 319 g/mol. The van der Waals surface area contributed by atoms with Crippen LogP contribution in [-0.4, -0.2) is 29.0 Å². The number of rotatable bonds is 4. The molecule has 0 aliphatic heterocycles. The van der Waals surface area contributed by atoms with Gasteiger partial charge in [0.1, 0.15) is 11.9 Å². The van der Waals surface area contributed by atoms with E-state index in [0.29, 0.717) is 4.47 Å². The van der Waals surface area contributed by atoms with Crippen molar-refractivity contribution >= 4 is 39.2 Å². The van der Waals surface area contributed by atoms with Crippen molar-refractivity contribution in [3.05, 3.63) is 20.7 Å². The van der Waals surface area contributed by atoms with Gasteiger partial charge in [-0.3, -0.25) is 10.1 Å². The molecule has 0 aliphatic carbocycles. The highest BCUT2D eigenvalue weighted by Gasteiger charge is 2.22. The second kappa shape index (κ2) is 5.63. The number of anilines is 2. The van der Waals surface area contributed by atoms with Crippen LogP contribution in [0.25, 0.3) is 0 Å². The van der Waals surface area contributed by atoms with E-state index in [4.69, 9.17) is 5.73 Å². The van der Waals surface area contributed by atoms with Gasteiger partial charge in [0.15, 0.2) is 0 Å². The number of hydrogen-bond acceptors (Lipinski definition) is 7. The van der Waals surface area contributed by atoms with Gasteiger partial charge in [0.25, 0.3) is 0 Å². The van der Waals surface area contributed by atoms with Crippen molar-refractivity contribution in [2.45, 2.75) is 13.0 Å². The van der Waals surface area contributed by atoms with Crippen molar-refractivity contribution in [2.24, 2.45) is 0 Å². The molecule has 1 aromatic heterocycles. The minimum Gasteiger partial charge on any atom is -0.467 e. The number of aromatic nitrogens is 1. The largest absolute Gasteiger partial charge is 0.467 e. The standard InChI is InChI=1S/C9H11BrN4O4/c1-4(9(15)18-2)12-8-6(14(16)17)3-5(10)7(11)13-8/h3-4H,1-2H3,(H3,11,12,13). The number of carbonyl (C=O) groups is 1. The Bertz CT molecular complexity index is 494. The summed E-state index contributed by atoms with van der Waals surface area (Å²) in [6, 6.07) is 0.441. The molecule has 1 atom stereocenters. The smallest absolute Gasteiger partial charge is 0.328 e. The van der Waals surface area contributed by atoms with E-state index in [1.807, 2.05) is 0 Å². The zero-order valence-electron chi connectivity index (χ0n) is 9.64. The van der Waals surface area contributed by atoms with Gasteiger partial charge in [0.2, 0.25) is 5.82 Å². The maximum Gasteiger partial charge on any atom is 0.328 e. The molecule has 0 radical (unpaired) electrons. The third-order valence-corrected chi connectivity index (χ3v) is 2.72. The van der Waals surface area contributed by atoms with Gasteiger partial charge in [0.05, 0.1) is 16.5 Å². The van der Waals surface area contributed by atoms with Crippen molar-refractivity contribution < 1.29 is 14.5 Å². The highest BCUT2D eigenvalue weighted by Crippen LogP contribution is 2.30. The summed E-state index contributed by atoms with van der Waals surface area (Å²) in [4.78, 5) is 25.3. The molecule has 8 nitrogen and oxygen atoms in total. The fourth-order valence-corrected chi connectivity index (χ4v) is 1.49. The van der Waals surface area contributed by atoms with Crippen LogP contribution in [0, 0.1) is 10.1 Å². The molecule has 0 bridgehead atoms. The predicted molar refractivity (Wildman–Crippen MR) is 68.1 cm³/mol. The molecule has 0 saturated carbocycles. The molecule has 0 fully saturated rings. The Balaban J connectivity index is 3.11. The number of esters is 1. The van der Waals surface area contributed by atoms with Crippen LogP contribution in [-0.2, 0) is 9.53 Å². The van der Waals surface area contributed by atoms with Gasteiger partial charge in [0, 0.05) is 6.07 Å². The zero-order chi connectivity index (χ0) is 13.9. The lowest BCUT2D eigenvalue weighted by molar-refractivity contribution is -0.384. The van der Waals surface area contributed by atoms with Crippen LogP contribution < -0.4 is 11.1 Å². The molecule has 1 rings (SSSR count). The Morgan fingerprint density at radius 2 is 2.33 bits per heavy atom. The first-order valence-electron chi connectivity index (χ1n) is 4.81. The monoisotopic (exact) mass is 318 g/mol. The van der Waals surface area contributed by atoms with Gasteiger partial charge in [-0.15, -0.1) is 0 Å². The van der Waals surface area contributed by atoms with E-state index < -0.39 is 16.9 Å². The van der Waals surface area contributed by atoms with E-state index in [1.165, 1.54) is 20.1 Å². The number of nitrogens with zero attached hydrogens (tertiary/aromatic N) is 2. The number of nitrogens with one attached hydrogen (secondary N) is 1. The number of hydrogen-bond donors (Lipinski definition) is 2. The van der Waals surface area contributed by atoms with Crippen molar-refractivity contribution in [2.75, 3.05) is 18.2 Å². The first kappa shape index (κ1) is 14.2. The van der Waals surface area contributed by atoms with E-state index in [9.17, 15) is 14.9 Å². The number of nitrogens with two attached hydrogens (primary N) is 1. The van der Waals surface area contributed by atoms with Gasteiger partial charge < -0.3 is 15.8 Å². The predicted octanol–water partition coefficient (Wildman–Crippen LogP) is 1.31. The van der Waals surface area contributed by atoms with Crippen LogP contribution in [0.2, 0.25) is 0 Å². The van der Waals surface area contributed by atoms with E-state index in [2.05, 4.69) is 31.0 Å². The molecular weight excluding hydrogens is 308 g/mol. The number of methoxy groups -OCH3 is 1. The molecule has 0 amide bonds. The zero-order valence-corrected chi connectivity index (χ0v) is 11.2. The normalized spacial score (nSPS) is 11.7. The molecule has 0 spiro atoms. The molecule has 98 valence electrons. The van der Waals surface area contributed by atoms with Crippen LogP contribution >= 0.6 is 15.9 Å². The van der Waals surface area contributed by atoms with E-state index in [-0.39, 0.29) is 17.3 Å². The molecular formula is C9H11BrN4O4. The van der Waals surface area contributed by atoms with Crippen molar-refractivity contribution in [3.8, 4) is 0 Å². The van der Waals surface area contributed by atoms with Gasteiger partial charge in [-0.2, -0.15) is 0 Å². The Hall–Kier alpha value is -1.90. The highest BCUT2D eigenvalue weighted by atomic mass is 79.9. The first-order chi connectivity index (χ1) is 8.36. The number of nitrogen functional groups attached to an aromatic ring is 1. The van der Waals surface area contributed by atoms with Gasteiger partial charge in [-0.25, -0.2) is 9.78 Å². The Morgan fingerprint density at radius 1 is 1.72 bits per heavy atom. The Morgan fingerprint density at radius 3 is 2.83 bits per heavy atom. The summed E-state index contributed by atoms with van der Waals surface area (Å²) in [6.45, 7) is 1.50. The molecule has 1 aromatic rings. The summed E-state index contributed by atoms with van der Waals surface area (Å²) in [5, 5.41) is 13.4. The van der Waals surface area contributed by atoms with Crippen LogP contribution in [0.3, 0.4) is 0 Å². The molecule has 1 unspecified atom stereocenters.